The summed E-state index contributed by atoms with van der Waals surface area (Å²) in [6.45, 7) is 8.87. The molecule has 4 rings (SSSR count). The molecule has 3 nitrogen and oxygen atoms in total. The SMILES string of the molecule is Cc1cc(C)c(OCc2ccccc2)c([S+]([O-])c2cc(C)cc(C)c2OCc2ccccc2)c1. The van der Waals surface area contributed by atoms with Crippen LogP contribution in [0.3, 0.4) is 0 Å². The smallest absolute Gasteiger partial charge is 0.201 e. The Morgan fingerprint density at radius 3 is 1.35 bits per heavy atom. The lowest BCUT2D eigenvalue weighted by molar-refractivity contribution is 0.293. The molecule has 0 aliphatic carbocycles. The fraction of sp³-hybridized carbons (Fsp3) is 0.200. The van der Waals surface area contributed by atoms with E-state index in [0.717, 1.165) is 33.4 Å². The van der Waals surface area contributed by atoms with Crippen LogP contribution in [-0.4, -0.2) is 4.55 Å². The summed E-state index contributed by atoms with van der Waals surface area (Å²) in [5.74, 6) is 1.34. The largest absolute Gasteiger partial charge is 0.606 e. The highest BCUT2D eigenvalue weighted by Gasteiger charge is 2.28. The van der Waals surface area contributed by atoms with Crippen LogP contribution in [0.5, 0.6) is 11.5 Å². The average molecular weight is 471 g/mol. The molecule has 0 bridgehead atoms. The highest BCUT2D eigenvalue weighted by molar-refractivity contribution is 7.91. The molecule has 34 heavy (non-hydrogen) atoms. The van der Waals surface area contributed by atoms with Crippen molar-refractivity contribution in [1.82, 2.24) is 0 Å². The third-order valence-electron chi connectivity index (χ3n) is 5.62. The number of hydrogen-bond donors (Lipinski definition) is 0. The van der Waals surface area contributed by atoms with E-state index in [0.29, 0.717) is 34.5 Å². The summed E-state index contributed by atoms with van der Waals surface area (Å²) >= 11 is -1.48. The Hall–Kier alpha value is -3.21. The van der Waals surface area contributed by atoms with Crippen LogP contribution >= 0.6 is 0 Å². The summed E-state index contributed by atoms with van der Waals surface area (Å²) in [6.07, 6.45) is 0. The minimum atomic E-state index is -1.48. The maximum absolute atomic E-state index is 14.1. The fourth-order valence-corrected chi connectivity index (χ4v) is 5.65. The molecule has 0 N–H and O–H groups in total. The number of aryl methyl sites for hydroxylation is 4. The van der Waals surface area contributed by atoms with Gasteiger partial charge in [-0.3, -0.25) is 0 Å². The van der Waals surface area contributed by atoms with Gasteiger partial charge in [0.15, 0.2) is 11.5 Å². The van der Waals surface area contributed by atoms with Crippen LogP contribution in [0.25, 0.3) is 0 Å². The summed E-state index contributed by atoms with van der Waals surface area (Å²) in [4.78, 5) is 1.34. The molecule has 0 saturated carbocycles. The molecule has 4 aromatic rings. The van der Waals surface area contributed by atoms with E-state index in [4.69, 9.17) is 9.47 Å². The molecular formula is C30H30O3S. The van der Waals surface area contributed by atoms with Gasteiger partial charge < -0.3 is 14.0 Å². The maximum atomic E-state index is 14.1. The van der Waals surface area contributed by atoms with Gasteiger partial charge in [0, 0.05) is 23.3 Å². The van der Waals surface area contributed by atoms with Crippen LogP contribution in [0.2, 0.25) is 0 Å². The minimum absolute atomic E-state index is 0.416. The van der Waals surface area contributed by atoms with Crippen molar-refractivity contribution in [3.05, 3.63) is 118 Å². The van der Waals surface area contributed by atoms with Crippen molar-refractivity contribution in [2.24, 2.45) is 0 Å². The Kier molecular flexibility index (Phi) is 7.61. The number of hydrogen-bond acceptors (Lipinski definition) is 3. The van der Waals surface area contributed by atoms with Gasteiger partial charge in [-0.05, 0) is 61.1 Å². The normalized spacial score (nSPS) is 11.0. The third kappa shape index (κ3) is 5.64. The Bertz CT molecular complexity index is 1150. The lowest BCUT2D eigenvalue weighted by Gasteiger charge is -2.20. The Morgan fingerprint density at radius 2 is 0.971 bits per heavy atom. The van der Waals surface area contributed by atoms with E-state index in [2.05, 4.69) is 12.1 Å². The van der Waals surface area contributed by atoms with Crippen LogP contribution in [0, 0.1) is 27.7 Å². The molecule has 0 aliphatic heterocycles. The lowest BCUT2D eigenvalue weighted by atomic mass is 10.1. The first kappa shape index (κ1) is 23.9. The van der Waals surface area contributed by atoms with Gasteiger partial charge in [0.05, 0.1) is 0 Å². The third-order valence-corrected chi connectivity index (χ3v) is 7.03. The fourth-order valence-electron chi connectivity index (χ4n) is 4.05. The van der Waals surface area contributed by atoms with Crippen LogP contribution < -0.4 is 9.47 Å². The minimum Gasteiger partial charge on any atom is -0.606 e. The van der Waals surface area contributed by atoms with Gasteiger partial charge in [-0.25, -0.2) is 0 Å². The van der Waals surface area contributed by atoms with Crippen molar-refractivity contribution in [1.29, 1.82) is 0 Å². The summed E-state index contributed by atoms with van der Waals surface area (Å²) in [7, 11) is 0. The van der Waals surface area contributed by atoms with Crippen molar-refractivity contribution in [2.45, 2.75) is 50.7 Å². The number of rotatable bonds is 8. The van der Waals surface area contributed by atoms with Gasteiger partial charge in [0.2, 0.25) is 9.79 Å². The molecule has 0 aromatic heterocycles. The molecule has 0 aliphatic rings. The lowest BCUT2D eigenvalue weighted by Crippen LogP contribution is -2.11. The summed E-state index contributed by atoms with van der Waals surface area (Å²) in [5.41, 5.74) is 6.16. The quantitative estimate of drug-likeness (QED) is 0.255. The van der Waals surface area contributed by atoms with Crippen molar-refractivity contribution in [3.63, 3.8) is 0 Å². The van der Waals surface area contributed by atoms with Crippen LogP contribution in [0.15, 0.2) is 94.7 Å². The van der Waals surface area contributed by atoms with Crippen molar-refractivity contribution >= 4 is 11.2 Å². The molecule has 0 spiro atoms. The molecule has 0 unspecified atom stereocenters. The Morgan fingerprint density at radius 1 is 0.588 bits per heavy atom. The van der Waals surface area contributed by atoms with E-state index in [9.17, 15) is 4.55 Å². The standard InChI is InChI=1S/C30H30O3S/c1-21-15-23(3)29(32-19-25-11-7-5-8-12-25)27(17-21)34(31)28-18-22(2)16-24(4)30(28)33-20-26-13-9-6-10-14-26/h5-18H,19-20H2,1-4H3. The topological polar surface area (TPSA) is 41.5 Å². The molecule has 0 atom stereocenters. The van der Waals surface area contributed by atoms with Crippen LogP contribution in [0.4, 0.5) is 0 Å². The Labute approximate surface area is 205 Å². The molecule has 0 radical (unpaired) electrons. The molecule has 0 saturated heterocycles. The first-order valence-corrected chi connectivity index (χ1v) is 12.5. The van der Waals surface area contributed by atoms with Crippen LogP contribution in [-0.2, 0) is 24.4 Å². The average Bonchev–Trinajstić information content (AvgIpc) is 2.83. The second kappa shape index (κ2) is 10.8. The van der Waals surface area contributed by atoms with Crippen LogP contribution in [0.1, 0.15) is 33.4 Å². The predicted octanol–water partition coefficient (Wildman–Crippen LogP) is 7.24. The summed E-state index contributed by atoms with van der Waals surface area (Å²) < 4.78 is 26.6. The predicted molar refractivity (Wildman–Crippen MR) is 138 cm³/mol. The van der Waals surface area contributed by atoms with Crippen molar-refractivity contribution in [3.8, 4) is 11.5 Å². The van der Waals surface area contributed by atoms with Gasteiger partial charge in [-0.2, -0.15) is 0 Å². The highest BCUT2D eigenvalue weighted by atomic mass is 32.2. The van der Waals surface area contributed by atoms with E-state index >= 15 is 0 Å². The van der Waals surface area contributed by atoms with E-state index < -0.39 is 11.2 Å². The molecule has 4 heteroatoms. The second-order valence-electron chi connectivity index (χ2n) is 8.64. The van der Waals surface area contributed by atoms with E-state index in [1.165, 1.54) is 0 Å². The molecular weight excluding hydrogens is 440 g/mol. The monoisotopic (exact) mass is 470 g/mol. The van der Waals surface area contributed by atoms with E-state index in [1.807, 2.05) is 100 Å². The molecule has 0 heterocycles. The zero-order valence-electron chi connectivity index (χ0n) is 20.1. The first-order chi connectivity index (χ1) is 16.4. The van der Waals surface area contributed by atoms with Gasteiger partial charge in [-0.15, -0.1) is 0 Å². The molecule has 174 valence electrons. The van der Waals surface area contributed by atoms with Gasteiger partial charge in [0.25, 0.3) is 0 Å². The molecule has 0 fully saturated rings. The maximum Gasteiger partial charge on any atom is 0.201 e. The highest BCUT2D eigenvalue weighted by Crippen LogP contribution is 2.39. The zero-order valence-corrected chi connectivity index (χ0v) is 20.9. The molecule has 0 amide bonds. The second-order valence-corrected chi connectivity index (χ2v) is 10.1. The summed E-state index contributed by atoms with van der Waals surface area (Å²) in [5, 5.41) is 0. The number of benzene rings is 4. The zero-order chi connectivity index (χ0) is 24.1. The van der Waals surface area contributed by atoms with Gasteiger partial charge in [0.1, 0.15) is 13.2 Å². The Balaban J connectivity index is 1.70. The first-order valence-electron chi connectivity index (χ1n) is 11.4. The van der Waals surface area contributed by atoms with Crippen molar-refractivity contribution in [2.75, 3.05) is 0 Å². The van der Waals surface area contributed by atoms with E-state index in [-0.39, 0.29) is 0 Å². The van der Waals surface area contributed by atoms with Crippen molar-refractivity contribution < 1.29 is 14.0 Å². The van der Waals surface area contributed by atoms with E-state index in [1.54, 1.807) is 0 Å². The summed E-state index contributed by atoms with van der Waals surface area (Å²) in [6, 6.07) is 28.1. The number of ether oxygens (including phenoxy) is 2. The van der Waals surface area contributed by atoms with Gasteiger partial charge in [-0.1, -0.05) is 72.8 Å². The van der Waals surface area contributed by atoms with Gasteiger partial charge >= 0.3 is 0 Å². The molecule has 4 aromatic carbocycles.